The molecule has 1 saturated heterocycles. The molecule has 0 bridgehead atoms. The zero-order chi connectivity index (χ0) is 18.0. The van der Waals surface area contributed by atoms with Crippen LogP contribution >= 0.6 is 11.6 Å². The molecule has 1 aromatic rings. The number of amides is 1. The van der Waals surface area contributed by atoms with Crippen molar-refractivity contribution in [3.8, 4) is 0 Å². The first-order chi connectivity index (χ1) is 11.0. The van der Waals surface area contributed by atoms with Crippen molar-refractivity contribution in [3.05, 3.63) is 29.0 Å². The van der Waals surface area contributed by atoms with Gasteiger partial charge in [-0.15, -0.1) is 0 Å². The van der Waals surface area contributed by atoms with Crippen LogP contribution < -0.4 is 0 Å². The van der Waals surface area contributed by atoms with Crippen molar-refractivity contribution in [1.82, 2.24) is 9.88 Å². The fraction of sp³-hybridized carbons (Fsp3) is 0.625. The first-order valence-corrected chi connectivity index (χ1v) is 10.0. The molecule has 1 aromatic heterocycles. The number of aromatic nitrogens is 1. The van der Waals surface area contributed by atoms with Gasteiger partial charge in [0.25, 0.3) is 0 Å². The summed E-state index contributed by atoms with van der Waals surface area (Å²) in [4.78, 5) is 17.5. The van der Waals surface area contributed by atoms with Gasteiger partial charge in [0, 0.05) is 19.3 Å². The Morgan fingerprint density at radius 1 is 1.42 bits per heavy atom. The first kappa shape index (κ1) is 19.0. The van der Waals surface area contributed by atoms with Crippen molar-refractivity contribution >= 4 is 27.5 Å². The maximum Gasteiger partial charge on any atom is 0.410 e. The zero-order valence-corrected chi connectivity index (χ0v) is 15.7. The molecular weight excluding hydrogens is 352 g/mol. The Morgan fingerprint density at radius 2 is 2.12 bits per heavy atom. The summed E-state index contributed by atoms with van der Waals surface area (Å²) in [7, 11) is -3.28. The fourth-order valence-electron chi connectivity index (χ4n) is 2.62. The van der Waals surface area contributed by atoms with Crippen molar-refractivity contribution in [3.63, 3.8) is 0 Å². The van der Waals surface area contributed by atoms with E-state index in [4.69, 9.17) is 16.3 Å². The average Bonchev–Trinajstić information content (AvgIpc) is 2.87. The minimum absolute atomic E-state index is 0.0505. The van der Waals surface area contributed by atoms with Gasteiger partial charge in [-0.2, -0.15) is 0 Å². The number of sulfone groups is 1. The molecule has 1 amide bonds. The number of carbonyl (C=O) groups is 1. The summed E-state index contributed by atoms with van der Waals surface area (Å²) in [5, 5.41) is 0.333. The third kappa shape index (κ3) is 5.94. The summed E-state index contributed by atoms with van der Waals surface area (Å²) in [6, 6.07) is 3.24. The van der Waals surface area contributed by atoms with E-state index in [1.807, 2.05) is 20.8 Å². The zero-order valence-electron chi connectivity index (χ0n) is 14.2. The lowest BCUT2D eigenvalue weighted by Gasteiger charge is -2.24. The number of nitrogens with zero attached hydrogens (tertiary/aromatic N) is 2. The van der Waals surface area contributed by atoms with Crippen LogP contribution in [0, 0.1) is 5.92 Å². The Bertz CT molecular complexity index is 683. The lowest BCUT2D eigenvalue weighted by molar-refractivity contribution is 0.0289. The highest BCUT2D eigenvalue weighted by Gasteiger charge is 2.32. The molecule has 0 radical (unpaired) electrons. The van der Waals surface area contributed by atoms with Crippen LogP contribution in [0.5, 0.6) is 0 Å². The second-order valence-corrected chi connectivity index (χ2v) is 9.62. The molecule has 2 heterocycles. The highest BCUT2D eigenvalue weighted by Crippen LogP contribution is 2.22. The predicted octanol–water partition coefficient (Wildman–Crippen LogP) is 2.91. The summed E-state index contributed by atoms with van der Waals surface area (Å²) in [5.41, 5.74) is 0.0597. The van der Waals surface area contributed by atoms with E-state index >= 15 is 0 Å². The van der Waals surface area contributed by atoms with Crippen LogP contribution in [-0.4, -0.2) is 48.8 Å². The minimum Gasteiger partial charge on any atom is -0.444 e. The topological polar surface area (TPSA) is 76.6 Å². The van der Waals surface area contributed by atoms with Crippen LogP contribution in [0.4, 0.5) is 4.79 Å². The van der Waals surface area contributed by atoms with E-state index in [2.05, 4.69) is 4.98 Å². The van der Waals surface area contributed by atoms with Gasteiger partial charge in [-0.25, -0.2) is 18.2 Å². The van der Waals surface area contributed by atoms with E-state index in [1.54, 1.807) is 17.0 Å². The Morgan fingerprint density at radius 3 is 2.71 bits per heavy atom. The van der Waals surface area contributed by atoms with Crippen molar-refractivity contribution in [1.29, 1.82) is 0 Å². The van der Waals surface area contributed by atoms with Gasteiger partial charge in [0.1, 0.15) is 10.8 Å². The Kier molecular flexibility index (Phi) is 5.75. The van der Waals surface area contributed by atoms with Crippen molar-refractivity contribution in [2.24, 2.45) is 5.92 Å². The molecule has 8 heteroatoms. The summed E-state index contributed by atoms with van der Waals surface area (Å²) in [5.74, 6) is -0.0857. The van der Waals surface area contributed by atoms with Gasteiger partial charge in [0.05, 0.1) is 11.5 Å². The highest BCUT2D eigenvalue weighted by atomic mass is 35.5. The number of hydrogen-bond donors (Lipinski definition) is 0. The monoisotopic (exact) mass is 374 g/mol. The lowest BCUT2D eigenvalue weighted by atomic mass is 10.2. The van der Waals surface area contributed by atoms with E-state index in [-0.39, 0.29) is 23.5 Å². The molecule has 1 aliphatic heterocycles. The summed E-state index contributed by atoms with van der Waals surface area (Å²) < 4.78 is 30.0. The molecule has 0 spiro atoms. The molecule has 24 heavy (non-hydrogen) atoms. The molecule has 134 valence electrons. The number of carbonyl (C=O) groups excluding carboxylic acids is 1. The van der Waals surface area contributed by atoms with Crippen molar-refractivity contribution in [2.45, 2.75) is 38.5 Å². The fourth-order valence-corrected chi connectivity index (χ4v) is 4.52. The van der Waals surface area contributed by atoms with Gasteiger partial charge in [0.15, 0.2) is 9.84 Å². The maximum atomic E-state index is 12.4. The largest absolute Gasteiger partial charge is 0.444 e. The number of likely N-dealkylation sites (tertiary alicyclic amines) is 1. The normalized spacial score (nSPS) is 18.7. The molecule has 1 aliphatic rings. The third-order valence-electron chi connectivity index (χ3n) is 3.60. The smallest absolute Gasteiger partial charge is 0.410 e. The molecule has 0 N–H and O–H groups in total. The summed E-state index contributed by atoms with van der Waals surface area (Å²) >= 11 is 5.70. The first-order valence-electron chi connectivity index (χ1n) is 7.83. The maximum absolute atomic E-state index is 12.4. The van der Waals surface area contributed by atoms with Gasteiger partial charge in [0.2, 0.25) is 0 Å². The standard InChI is InChI=1S/C16H23ClN2O4S/c1-16(2,3)23-15(20)19-7-6-13(9-19)11-24(21,22)10-12-4-5-14(17)18-8-12/h4-5,8,13H,6-7,9-11H2,1-3H3/t13-/m1/s1. The SMILES string of the molecule is CC(C)(C)OC(=O)N1CC[C@@H](CS(=O)(=O)Cc2ccc(Cl)nc2)C1. The van der Waals surface area contributed by atoms with Crippen molar-refractivity contribution in [2.75, 3.05) is 18.8 Å². The van der Waals surface area contributed by atoms with Crippen LogP contribution in [0.25, 0.3) is 0 Å². The van der Waals surface area contributed by atoms with Gasteiger partial charge < -0.3 is 9.64 Å². The van der Waals surface area contributed by atoms with Crippen LogP contribution in [0.2, 0.25) is 5.15 Å². The highest BCUT2D eigenvalue weighted by molar-refractivity contribution is 7.90. The molecule has 2 rings (SSSR count). The van der Waals surface area contributed by atoms with Crippen LogP contribution in [0.3, 0.4) is 0 Å². The number of ether oxygens (including phenoxy) is 1. The van der Waals surface area contributed by atoms with Gasteiger partial charge in [-0.05, 0) is 44.7 Å². The van der Waals surface area contributed by atoms with E-state index in [9.17, 15) is 13.2 Å². The van der Waals surface area contributed by atoms with Crippen LogP contribution in [-0.2, 0) is 20.3 Å². The Hall–Kier alpha value is -1.34. The Balaban J connectivity index is 1.89. The van der Waals surface area contributed by atoms with Gasteiger partial charge >= 0.3 is 6.09 Å². The van der Waals surface area contributed by atoms with Crippen molar-refractivity contribution < 1.29 is 17.9 Å². The van der Waals surface area contributed by atoms with Crippen LogP contribution in [0.15, 0.2) is 18.3 Å². The number of hydrogen-bond acceptors (Lipinski definition) is 5. The molecule has 0 aliphatic carbocycles. The molecule has 0 aromatic carbocycles. The molecular formula is C16H23ClN2O4S. The van der Waals surface area contributed by atoms with E-state index in [0.29, 0.717) is 30.2 Å². The van der Waals surface area contributed by atoms with E-state index in [1.165, 1.54) is 6.20 Å². The lowest BCUT2D eigenvalue weighted by Crippen LogP contribution is -2.35. The van der Waals surface area contributed by atoms with Gasteiger partial charge in [-0.3, -0.25) is 0 Å². The number of rotatable bonds is 4. The summed E-state index contributed by atoms with van der Waals surface area (Å²) in [6.07, 6.45) is 1.75. The van der Waals surface area contributed by atoms with Gasteiger partial charge in [-0.1, -0.05) is 17.7 Å². The minimum atomic E-state index is -3.28. The van der Waals surface area contributed by atoms with E-state index < -0.39 is 15.4 Å². The second-order valence-electron chi connectivity index (χ2n) is 7.12. The van der Waals surface area contributed by atoms with E-state index in [0.717, 1.165) is 0 Å². The number of pyridine rings is 1. The molecule has 6 nitrogen and oxygen atoms in total. The summed E-state index contributed by atoms with van der Waals surface area (Å²) in [6.45, 7) is 6.36. The predicted molar refractivity (Wildman–Crippen MR) is 92.7 cm³/mol. The third-order valence-corrected chi connectivity index (χ3v) is 5.58. The molecule has 0 saturated carbocycles. The number of halogens is 1. The molecule has 1 fully saturated rings. The van der Waals surface area contributed by atoms with Crippen LogP contribution in [0.1, 0.15) is 32.8 Å². The molecule has 0 unspecified atom stereocenters. The molecule has 1 atom stereocenters. The quantitative estimate of drug-likeness (QED) is 0.757. The Labute approximate surface area is 148 Å². The average molecular weight is 375 g/mol. The second kappa shape index (κ2) is 7.27.